The van der Waals surface area contributed by atoms with Gasteiger partial charge in [-0.05, 0) is 11.8 Å². The van der Waals surface area contributed by atoms with Crippen LogP contribution in [0, 0.1) is 11.8 Å². The molecule has 0 bridgehead atoms. The van der Waals surface area contributed by atoms with Gasteiger partial charge in [0.25, 0.3) is 0 Å². The monoisotopic (exact) mass is 254 g/mol. The minimum absolute atomic E-state index is 0. The Morgan fingerprint density at radius 3 is 1.12 bits per heavy atom. The quantitative estimate of drug-likeness (QED) is 0.491. The van der Waals surface area contributed by atoms with Crippen molar-refractivity contribution >= 4 is 23.1 Å². The van der Waals surface area contributed by atoms with Gasteiger partial charge in [0.05, 0.1) is 0 Å². The number of rotatable bonds is 8. The van der Waals surface area contributed by atoms with Gasteiger partial charge in [0.15, 0.2) is 0 Å². The van der Waals surface area contributed by atoms with Crippen LogP contribution in [0.5, 0.6) is 0 Å². The molecule has 0 fully saturated rings. The fourth-order valence-corrected chi connectivity index (χ4v) is 1.31. The third-order valence-corrected chi connectivity index (χ3v) is 2.35. The van der Waals surface area contributed by atoms with Crippen LogP contribution in [-0.2, 0) is 0 Å². The first-order chi connectivity index (χ1) is 7.54. The molecule has 0 spiro atoms. The van der Waals surface area contributed by atoms with E-state index >= 15 is 0 Å². The maximum absolute atomic E-state index is 9.91. The molecular weight excluding hydrogens is 224 g/mol. The topological polar surface area (TPSA) is 46.1 Å². The minimum atomic E-state index is 0. The fourth-order valence-electron chi connectivity index (χ4n) is 1.31. The summed E-state index contributed by atoms with van der Waals surface area (Å²) < 4.78 is 0. The van der Waals surface area contributed by atoms with Gasteiger partial charge in [0.2, 0.25) is 0 Å². The summed E-state index contributed by atoms with van der Waals surface area (Å²) in [5.74, 6) is 1.53. The maximum atomic E-state index is 9.91. The van der Waals surface area contributed by atoms with Crippen LogP contribution < -0.4 is 10.2 Å². The van der Waals surface area contributed by atoms with Crippen molar-refractivity contribution in [3.8, 4) is 0 Å². The first kappa shape index (κ1) is 22.8. The summed E-state index contributed by atoms with van der Waals surface area (Å²) in [4.78, 5) is 0. The Kier molecular flexibility index (Phi) is 25.6. The molecule has 0 aromatic rings. The van der Waals surface area contributed by atoms with E-state index in [1.165, 1.54) is 12.8 Å². The van der Waals surface area contributed by atoms with Crippen molar-refractivity contribution in [3.05, 3.63) is 0 Å². The first-order valence-corrected chi connectivity index (χ1v) is 6.70. The van der Waals surface area contributed by atoms with E-state index in [9.17, 15) is 10.2 Å². The largest absolute Gasteiger partial charge is 2.00 e. The van der Waals surface area contributed by atoms with E-state index in [0.29, 0.717) is 0 Å². The summed E-state index contributed by atoms with van der Waals surface area (Å²) in [5.41, 5.74) is 0. The van der Waals surface area contributed by atoms with Gasteiger partial charge in [-0.15, -0.1) is 13.2 Å². The summed E-state index contributed by atoms with van der Waals surface area (Å²) in [6.45, 7) is 8.95. The predicted octanol–water partition coefficient (Wildman–Crippen LogP) is 1.97. The summed E-state index contributed by atoms with van der Waals surface area (Å²) in [7, 11) is 0. The second-order valence-corrected chi connectivity index (χ2v) is 5.19. The Hall–Kier alpha value is 0.686. The molecule has 0 rings (SSSR count). The summed E-state index contributed by atoms with van der Waals surface area (Å²) in [6.07, 6.45) is 6.36. The van der Waals surface area contributed by atoms with Crippen LogP contribution in [0.2, 0.25) is 0 Å². The molecule has 0 aromatic carbocycles. The van der Waals surface area contributed by atoms with Gasteiger partial charge < -0.3 is 10.2 Å². The van der Waals surface area contributed by atoms with Crippen molar-refractivity contribution in [2.24, 2.45) is 11.8 Å². The van der Waals surface area contributed by atoms with Crippen LogP contribution in [0.1, 0.15) is 66.2 Å². The van der Waals surface area contributed by atoms with Gasteiger partial charge >= 0.3 is 23.1 Å². The van der Waals surface area contributed by atoms with Gasteiger partial charge in [0.1, 0.15) is 0 Å². The SMILES string of the molecule is CC(C)CCCC[O-].CC(C)CCCC[O-].[Mg+2]. The Balaban J connectivity index is -0.000000218. The molecule has 0 aliphatic heterocycles. The molecule has 2 nitrogen and oxygen atoms in total. The van der Waals surface area contributed by atoms with E-state index in [0.717, 1.165) is 37.5 Å². The Morgan fingerprint density at radius 2 is 0.941 bits per heavy atom. The fraction of sp³-hybridized carbons (Fsp3) is 1.00. The Bertz CT molecular complexity index is 103. The van der Waals surface area contributed by atoms with Crippen LogP contribution in [-0.4, -0.2) is 36.3 Å². The van der Waals surface area contributed by atoms with Crippen LogP contribution >= 0.6 is 0 Å². The molecule has 0 aromatic heterocycles. The third-order valence-electron chi connectivity index (χ3n) is 2.35. The molecule has 0 unspecified atom stereocenters. The minimum Gasteiger partial charge on any atom is -0.854 e. The van der Waals surface area contributed by atoms with Crippen molar-refractivity contribution in [3.63, 3.8) is 0 Å². The second-order valence-electron chi connectivity index (χ2n) is 5.19. The van der Waals surface area contributed by atoms with Gasteiger partial charge in [-0.2, -0.15) is 0 Å². The predicted molar refractivity (Wildman–Crippen MR) is 72.9 cm³/mol. The zero-order valence-electron chi connectivity index (χ0n) is 12.3. The van der Waals surface area contributed by atoms with E-state index < -0.39 is 0 Å². The average Bonchev–Trinajstić information content (AvgIpc) is 2.18. The van der Waals surface area contributed by atoms with Gasteiger partial charge in [-0.25, -0.2) is 0 Å². The van der Waals surface area contributed by atoms with E-state index in [4.69, 9.17) is 0 Å². The maximum Gasteiger partial charge on any atom is 2.00 e. The van der Waals surface area contributed by atoms with E-state index in [1.807, 2.05) is 0 Å². The summed E-state index contributed by atoms with van der Waals surface area (Å²) in [5, 5.41) is 19.8. The number of unbranched alkanes of at least 4 members (excludes halogenated alkanes) is 2. The van der Waals surface area contributed by atoms with Crippen molar-refractivity contribution in [1.29, 1.82) is 0 Å². The van der Waals surface area contributed by atoms with Crippen molar-refractivity contribution in [2.75, 3.05) is 13.2 Å². The van der Waals surface area contributed by atoms with Crippen LogP contribution in [0.25, 0.3) is 0 Å². The molecule has 0 saturated carbocycles. The van der Waals surface area contributed by atoms with Gasteiger partial charge in [0, 0.05) is 0 Å². The third kappa shape index (κ3) is 31.5. The van der Waals surface area contributed by atoms with Crippen LogP contribution in [0.4, 0.5) is 0 Å². The van der Waals surface area contributed by atoms with E-state index in [-0.39, 0.29) is 36.3 Å². The van der Waals surface area contributed by atoms with Crippen molar-refractivity contribution < 1.29 is 10.2 Å². The van der Waals surface area contributed by atoms with Crippen molar-refractivity contribution in [1.82, 2.24) is 0 Å². The molecule has 0 amide bonds. The van der Waals surface area contributed by atoms with Crippen LogP contribution in [0.15, 0.2) is 0 Å². The Morgan fingerprint density at radius 1 is 0.647 bits per heavy atom. The molecule has 0 radical (unpaired) electrons. The van der Waals surface area contributed by atoms with Gasteiger partial charge in [-0.1, -0.05) is 66.2 Å². The smallest absolute Gasteiger partial charge is 0.854 e. The average molecular weight is 255 g/mol. The molecule has 0 heterocycles. The zero-order chi connectivity index (χ0) is 12.8. The standard InChI is InChI=1S/2C7H15O.Mg/c2*1-7(2)5-3-4-6-8;/h2*7H,3-6H2,1-2H3;/q2*-1;+2. The van der Waals surface area contributed by atoms with Gasteiger partial charge in [-0.3, -0.25) is 0 Å². The Labute approximate surface area is 124 Å². The molecule has 0 aliphatic rings. The molecule has 17 heavy (non-hydrogen) atoms. The van der Waals surface area contributed by atoms with Crippen molar-refractivity contribution in [2.45, 2.75) is 66.2 Å². The molecule has 100 valence electrons. The molecular formula is C14H30MgO2. The zero-order valence-corrected chi connectivity index (χ0v) is 13.7. The van der Waals surface area contributed by atoms with E-state index in [1.54, 1.807) is 0 Å². The normalized spacial score (nSPS) is 9.88. The van der Waals surface area contributed by atoms with Crippen LogP contribution in [0.3, 0.4) is 0 Å². The number of hydrogen-bond acceptors (Lipinski definition) is 2. The summed E-state index contributed by atoms with van der Waals surface area (Å²) >= 11 is 0. The molecule has 0 N–H and O–H groups in total. The molecule has 0 aliphatic carbocycles. The molecule has 0 saturated heterocycles. The number of hydrogen-bond donors (Lipinski definition) is 0. The molecule has 3 heteroatoms. The van der Waals surface area contributed by atoms with E-state index in [2.05, 4.69) is 27.7 Å². The molecule has 0 atom stereocenters. The second kappa shape index (κ2) is 19.0. The summed E-state index contributed by atoms with van der Waals surface area (Å²) in [6, 6.07) is 0. The first-order valence-electron chi connectivity index (χ1n) is 6.70.